The van der Waals surface area contributed by atoms with Gasteiger partial charge in [0, 0.05) is 24.7 Å². The average Bonchev–Trinajstić information content (AvgIpc) is 3.11. The topological polar surface area (TPSA) is 58.6 Å². The van der Waals surface area contributed by atoms with E-state index in [0.29, 0.717) is 11.3 Å². The third-order valence-electron chi connectivity index (χ3n) is 4.44. The Bertz CT molecular complexity index is 771. The van der Waals surface area contributed by atoms with E-state index < -0.39 is 0 Å². The van der Waals surface area contributed by atoms with Crippen LogP contribution in [0, 0.1) is 0 Å². The lowest BCUT2D eigenvalue weighted by atomic mass is 10.0. The lowest BCUT2D eigenvalue weighted by molar-refractivity contribution is -0.114. The van der Waals surface area contributed by atoms with Crippen LogP contribution in [0.15, 0.2) is 48.5 Å². The summed E-state index contributed by atoms with van der Waals surface area (Å²) in [6, 6.07) is 15.0. The molecule has 2 aromatic rings. The van der Waals surface area contributed by atoms with Gasteiger partial charge >= 0.3 is 0 Å². The van der Waals surface area contributed by atoms with E-state index in [2.05, 4.69) is 5.32 Å². The number of anilines is 1. The molecule has 1 atom stereocenters. The molecule has 25 heavy (non-hydrogen) atoms. The van der Waals surface area contributed by atoms with E-state index in [4.69, 9.17) is 4.74 Å². The largest absolute Gasteiger partial charge is 0.497 e. The predicted molar refractivity (Wildman–Crippen MR) is 96.8 cm³/mol. The molecule has 0 bridgehead atoms. The summed E-state index contributed by atoms with van der Waals surface area (Å²) in [6.07, 6.45) is 1.93. The molecule has 1 saturated heterocycles. The Morgan fingerprint density at radius 1 is 1.16 bits per heavy atom. The van der Waals surface area contributed by atoms with Gasteiger partial charge in [-0.3, -0.25) is 9.59 Å². The molecule has 1 heterocycles. The van der Waals surface area contributed by atoms with E-state index in [-0.39, 0.29) is 17.9 Å². The Morgan fingerprint density at radius 2 is 1.92 bits per heavy atom. The van der Waals surface area contributed by atoms with E-state index in [9.17, 15) is 9.59 Å². The lowest BCUT2D eigenvalue weighted by Gasteiger charge is -2.25. The minimum absolute atomic E-state index is 0.0136. The second kappa shape index (κ2) is 7.38. The molecule has 0 aromatic heterocycles. The average molecular weight is 338 g/mol. The van der Waals surface area contributed by atoms with E-state index >= 15 is 0 Å². The normalized spacial score (nSPS) is 16.6. The van der Waals surface area contributed by atoms with Crippen molar-refractivity contribution in [2.75, 3.05) is 19.0 Å². The molecule has 1 aliphatic rings. The number of nitrogens with zero attached hydrogens (tertiary/aromatic N) is 1. The minimum atomic E-state index is -0.128. The van der Waals surface area contributed by atoms with E-state index in [1.54, 1.807) is 31.4 Å². The fourth-order valence-corrected chi connectivity index (χ4v) is 3.27. The molecule has 1 fully saturated rings. The number of carbonyl (C=O) groups is 2. The summed E-state index contributed by atoms with van der Waals surface area (Å²) >= 11 is 0. The van der Waals surface area contributed by atoms with Crippen LogP contribution in [0.25, 0.3) is 0 Å². The molecule has 3 rings (SSSR count). The quantitative estimate of drug-likeness (QED) is 0.926. The van der Waals surface area contributed by atoms with Crippen LogP contribution in [0.4, 0.5) is 5.69 Å². The summed E-state index contributed by atoms with van der Waals surface area (Å²) in [5.41, 5.74) is 2.42. The Balaban J connectivity index is 1.79. The van der Waals surface area contributed by atoms with E-state index in [1.807, 2.05) is 29.2 Å². The molecule has 0 aliphatic carbocycles. The van der Waals surface area contributed by atoms with Gasteiger partial charge < -0.3 is 15.0 Å². The monoisotopic (exact) mass is 338 g/mol. The van der Waals surface area contributed by atoms with Gasteiger partial charge in [-0.05, 0) is 54.8 Å². The van der Waals surface area contributed by atoms with Crippen molar-refractivity contribution in [2.24, 2.45) is 0 Å². The van der Waals surface area contributed by atoms with Gasteiger partial charge in [0.15, 0.2) is 0 Å². The van der Waals surface area contributed by atoms with Gasteiger partial charge in [-0.2, -0.15) is 0 Å². The molecule has 0 spiro atoms. The van der Waals surface area contributed by atoms with E-state index in [1.165, 1.54) is 6.92 Å². The third-order valence-corrected chi connectivity index (χ3v) is 4.44. The Morgan fingerprint density at radius 3 is 2.60 bits per heavy atom. The van der Waals surface area contributed by atoms with Crippen molar-refractivity contribution in [3.63, 3.8) is 0 Å². The molecule has 5 nitrogen and oxygen atoms in total. The Hall–Kier alpha value is -2.82. The van der Waals surface area contributed by atoms with Crippen LogP contribution in [0.1, 0.15) is 41.7 Å². The zero-order chi connectivity index (χ0) is 17.8. The van der Waals surface area contributed by atoms with Gasteiger partial charge in [0.1, 0.15) is 5.75 Å². The summed E-state index contributed by atoms with van der Waals surface area (Å²) in [4.78, 5) is 25.9. The molecule has 130 valence electrons. The maximum absolute atomic E-state index is 12.9. The van der Waals surface area contributed by atoms with Crippen molar-refractivity contribution in [1.29, 1.82) is 0 Å². The molecular weight excluding hydrogens is 316 g/mol. The highest BCUT2D eigenvalue weighted by Gasteiger charge is 2.30. The number of nitrogens with one attached hydrogen (secondary N) is 1. The molecule has 1 unspecified atom stereocenters. The summed E-state index contributed by atoms with van der Waals surface area (Å²) in [5.74, 6) is 0.688. The maximum atomic E-state index is 12.9. The molecule has 0 radical (unpaired) electrons. The minimum Gasteiger partial charge on any atom is -0.497 e. The van der Waals surface area contributed by atoms with Gasteiger partial charge in [-0.1, -0.05) is 12.1 Å². The number of carbonyl (C=O) groups excluding carboxylic acids is 2. The Kier molecular flexibility index (Phi) is 5.03. The molecule has 1 N–H and O–H groups in total. The number of likely N-dealkylation sites (tertiary alicyclic amines) is 1. The molecule has 2 aromatic carbocycles. The first kappa shape index (κ1) is 17.0. The predicted octanol–water partition coefficient (Wildman–Crippen LogP) is 3.63. The zero-order valence-electron chi connectivity index (χ0n) is 14.5. The lowest BCUT2D eigenvalue weighted by Crippen LogP contribution is -2.30. The second-order valence-corrected chi connectivity index (χ2v) is 6.19. The van der Waals surface area contributed by atoms with Crippen molar-refractivity contribution in [2.45, 2.75) is 25.8 Å². The molecular formula is C20H22N2O3. The second-order valence-electron chi connectivity index (χ2n) is 6.19. The zero-order valence-corrected chi connectivity index (χ0v) is 14.5. The fourth-order valence-electron chi connectivity index (χ4n) is 3.27. The summed E-state index contributed by atoms with van der Waals surface area (Å²) in [6.45, 7) is 2.20. The van der Waals surface area contributed by atoms with Crippen LogP contribution in [0.2, 0.25) is 0 Å². The van der Waals surface area contributed by atoms with Crippen LogP contribution in [0.5, 0.6) is 5.75 Å². The van der Waals surface area contributed by atoms with Gasteiger partial charge in [0.2, 0.25) is 5.91 Å². The highest BCUT2D eigenvalue weighted by Crippen LogP contribution is 2.34. The van der Waals surface area contributed by atoms with Crippen LogP contribution in [-0.2, 0) is 4.79 Å². The summed E-state index contributed by atoms with van der Waals surface area (Å²) in [5, 5.41) is 2.71. The molecule has 1 aliphatic heterocycles. The van der Waals surface area contributed by atoms with Crippen LogP contribution in [-0.4, -0.2) is 30.4 Å². The Labute approximate surface area is 147 Å². The number of hydrogen-bond acceptors (Lipinski definition) is 3. The van der Waals surface area contributed by atoms with E-state index in [0.717, 1.165) is 30.7 Å². The number of benzene rings is 2. The van der Waals surface area contributed by atoms with Crippen molar-refractivity contribution in [3.8, 4) is 5.75 Å². The first-order valence-electron chi connectivity index (χ1n) is 8.41. The number of amides is 2. The highest BCUT2D eigenvalue weighted by molar-refractivity contribution is 5.96. The van der Waals surface area contributed by atoms with Crippen LogP contribution >= 0.6 is 0 Å². The SMILES string of the molecule is COc1cccc(C2CCCN2C(=O)c2ccc(NC(C)=O)cc2)c1. The van der Waals surface area contributed by atoms with Crippen LogP contribution < -0.4 is 10.1 Å². The number of methoxy groups -OCH3 is 1. The molecule has 5 heteroatoms. The number of rotatable bonds is 4. The van der Waals surface area contributed by atoms with Gasteiger partial charge in [-0.15, -0.1) is 0 Å². The smallest absolute Gasteiger partial charge is 0.254 e. The van der Waals surface area contributed by atoms with Crippen molar-refractivity contribution < 1.29 is 14.3 Å². The highest BCUT2D eigenvalue weighted by atomic mass is 16.5. The number of hydrogen-bond donors (Lipinski definition) is 1. The third kappa shape index (κ3) is 3.82. The molecule has 2 amide bonds. The van der Waals surface area contributed by atoms with Gasteiger partial charge in [-0.25, -0.2) is 0 Å². The standard InChI is InChI=1S/C20H22N2O3/c1-14(23)21-17-10-8-15(9-11-17)20(24)22-12-4-7-19(22)16-5-3-6-18(13-16)25-2/h3,5-6,8-11,13,19H,4,7,12H2,1-2H3,(H,21,23). The van der Waals surface area contributed by atoms with Gasteiger partial charge in [0.05, 0.1) is 13.2 Å². The summed E-state index contributed by atoms with van der Waals surface area (Å²) < 4.78 is 5.30. The van der Waals surface area contributed by atoms with Gasteiger partial charge in [0.25, 0.3) is 5.91 Å². The van der Waals surface area contributed by atoms with Crippen molar-refractivity contribution in [1.82, 2.24) is 4.90 Å². The number of ether oxygens (including phenoxy) is 1. The molecule has 0 saturated carbocycles. The maximum Gasteiger partial charge on any atom is 0.254 e. The summed E-state index contributed by atoms with van der Waals surface area (Å²) in [7, 11) is 1.65. The van der Waals surface area contributed by atoms with Crippen LogP contribution in [0.3, 0.4) is 0 Å². The van der Waals surface area contributed by atoms with Crippen molar-refractivity contribution in [3.05, 3.63) is 59.7 Å². The first-order valence-corrected chi connectivity index (χ1v) is 8.41. The fraction of sp³-hybridized carbons (Fsp3) is 0.300. The van der Waals surface area contributed by atoms with Crippen molar-refractivity contribution >= 4 is 17.5 Å². The first-order chi connectivity index (χ1) is 12.1.